The smallest absolute Gasteiger partial charge is 0.309 e. The molecule has 0 saturated heterocycles. The average Bonchev–Trinajstić information content (AvgIpc) is 2.52. The van der Waals surface area contributed by atoms with E-state index in [0.717, 1.165) is 19.3 Å². The van der Waals surface area contributed by atoms with Crippen LogP contribution < -0.4 is 0 Å². The van der Waals surface area contributed by atoms with Crippen LogP contribution in [0, 0.1) is 17.8 Å². The molecule has 0 aliphatic heterocycles. The fourth-order valence-corrected chi connectivity index (χ4v) is 2.60. The maximum Gasteiger partial charge on any atom is 0.309 e. The second-order valence-electron chi connectivity index (χ2n) is 4.95. The van der Waals surface area contributed by atoms with Crippen molar-refractivity contribution in [2.24, 2.45) is 17.8 Å². The third kappa shape index (κ3) is 4.00. The third-order valence-corrected chi connectivity index (χ3v) is 3.65. The van der Waals surface area contributed by atoms with Gasteiger partial charge in [-0.25, -0.2) is 0 Å². The molecule has 0 spiro atoms. The molecule has 4 heteroatoms. The first kappa shape index (κ1) is 15.0. The summed E-state index contributed by atoms with van der Waals surface area (Å²) in [7, 11) is 0. The Kier molecular flexibility index (Phi) is 6.16. The largest absolute Gasteiger partial charge is 0.466 e. The first-order chi connectivity index (χ1) is 8.60. The predicted octanol–water partition coefficient (Wildman–Crippen LogP) is 2.56. The standard InChI is InChI=1S/C14H24O4/c1-4-17-13(15)11-8-6-7-10(3)12(9-11)14(16)18-5-2/h10-12H,4-9H2,1-3H3. The number of carbonyl (C=O) groups excluding carboxylic acids is 2. The Labute approximate surface area is 109 Å². The number of hydrogen-bond acceptors (Lipinski definition) is 4. The molecule has 0 N–H and O–H groups in total. The van der Waals surface area contributed by atoms with E-state index >= 15 is 0 Å². The quantitative estimate of drug-likeness (QED) is 0.573. The van der Waals surface area contributed by atoms with Gasteiger partial charge in [-0.2, -0.15) is 0 Å². The minimum Gasteiger partial charge on any atom is -0.466 e. The van der Waals surface area contributed by atoms with Crippen LogP contribution in [0.25, 0.3) is 0 Å². The molecular formula is C14H24O4. The van der Waals surface area contributed by atoms with Gasteiger partial charge in [-0.15, -0.1) is 0 Å². The number of hydrogen-bond donors (Lipinski definition) is 0. The Morgan fingerprint density at radius 1 is 1.06 bits per heavy atom. The molecule has 3 atom stereocenters. The molecule has 0 heterocycles. The highest BCUT2D eigenvalue weighted by molar-refractivity contribution is 5.76. The zero-order valence-electron chi connectivity index (χ0n) is 11.6. The van der Waals surface area contributed by atoms with Gasteiger partial charge in [0.25, 0.3) is 0 Å². The molecule has 0 aromatic rings. The monoisotopic (exact) mass is 256 g/mol. The summed E-state index contributed by atoms with van der Waals surface area (Å²) in [6.45, 7) is 6.47. The van der Waals surface area contributed by atoms with Crippen LogP contribution in [0.15, 0.2) is 0 Å². The van der Waals surface area contributed by atoms with Gasteiger partial charge >= 0.3 is 11.9 Å². The van der Waals surface area contributed by atoms with Crippen LogP contribution in [-0.2, 0) is 19.1 Å². The van der Waals surface area contributed by atoms with Crippen molar-refractivity contribution in [3.8, 4) is 0 Å². The molecule has 0 aromatic carbocycles. The van der Waals surface area contributed by atoms with Gasteiger partial charge in [0, 0.05) is 0 Å². The molecule has 1 saturated carbocycles. The number of carbonyl (C=O) groups is 2. The maximum absolute atomic E-state index is 11.9. The topological polar surface area (TPSA) is 52.6 Å². The van der Waals surface area contributed by atoms with E-state index in [1.165, 1.54) is 0 Å². The summed E-state index contributed by atoms with van der Waals surface area (Å²) in [6, 6.07) is 0. The molecule has 0 bridgehead atoms. The fraction of sp³-hybridized carbons (Fsp3) is 0.857. The first-order valence-electron chi connectivity index (χ1n) is 6.93. The lowest BCUT2D eigenvalue weighted by Crippen LogP contribution is -2.28. The van der Waals surface area contributed by atoms with Crippen molar-refractivity contribution in [1.29, 1.82) is 0 Å². The van der Waals surface area contributed by atoms with E-state index in [1.54, 1.807) is 6.92 Å². The van der Waals surface area contributed by atoms with Crippen LogP contribution in [0.2, 0.25) is 0 Å². The van der Waals surface area contributed by atoms with Crippen LogP contribution in [0.4, 0.5) is 0 Å². The molecule has 104 valence electrons. The van der Waals surface area contributed by atoms with Crippen LogP contribution in [0.1, 0.15) is 46.5 Å². The van der Waals surface area contributed by atoms with Gasteiger partial charge in [0.15, 0.2) is 0 Å². The Morgan fingerprint density at radius 3 is 2.28 bits per heavy atom. The minimum atomic E-state index is -0.166. The van der Waals surface area contributed by atoms with Gasteiger partial charge in [-0.05, 0) is 39.0 Å². The van der Waals surface area contributed by atoms with Gasteiger partial charge in [0.1, 0.15) is 0 Å². The summed E-state index contributed by atoms with van der Waals surface area (Å²) in [5.74, 6) is -0.364. The molecule has 1 aliphatic rings. The van der Waals surface area contributed by atoms with E-state index in [9.17, 15) is 9.59 Å². The van der Waals surface area contributed by atoms with Crippen LogP contribution in [0.3, 0.4) is 0 Å². The van der Waals surface area contributed by atoms with E-state index in [1.807, 2.05) is 6.92 Å². The van der Waals surface area contributed by atoms with Gasteiger partial charge in [-0.3, -0.25) is 9.59 Å². The number of ether oxygens (including phenoxy) is 2. The summed E-state index contributed by atoms with van der Waals surface area (Å²) in [6.07, 6.45) is 3.33. The zero-order chi connectivity index (χ0) is 13.5. The second kappa shape index (κ2) is 7.39. The van der Waals surface area contributed by atoms with Gasteiger partial charge in [0.05, 0.1) is 25.0 Å². The molecule has 3 unspecified atom stereocenters. The number of rotatable bonds is 4. The molecule has 0 amide bonds. The van der Waals surface area contributed by atoms with Gasteiger partial charge in [-0.1, -0.05) is 13.3 Å². The van der Waals surface area contributed by atoms with E-state index in [0.29, 0.717) is 19.6 Å². The molecule has 18 heavy (non-hydrogen) atoms. The molecule has 1 aliphatic carbocycles. The van der Waals surface area contributed by atoms with Crippen molar-refractivity contribution in [3.05, 3.63) is 0 Å². The fourth-order valence-electron chi connectivity index (χ4n) is 2.60. The van der Waals surface area contributed by atoms with Crippen molar-refractivity contribution in [2.75, 3.05) is 13.2 Å². The highest BCUT2D eigenvalue weighted by Crippen LogP contribution is 2.33. The second-order valence-corrected chi connectivity index (χ2v) is 4.95. The predicted molar refractivity (Wildman–Crippen MR) is 67.9 cm³/mol. The summed E-state index contributed by atoms with van der Waals surface area (Å²) in [4.78, 5) is 23.7. The van der Waals surface area contributed by atoms with Crippen molar-refractivity contribution >= 4 is 11.9 Å². The molecule has 0 radical (unpaired) electrons. The Hall–Kier alpha value is -1.06. The lowest BCUT2D eigenvalue weighted by molar-refractivity contribution is -0.153. The molecule has 1 fully saturated rings. The third-order valence-electron chi connectivity index (χ3n) is 3.65. The minimum absolute atomic E-state index is 0.149. The van der Waals surface area contributed by atoms with Crippen LogP contribution in [0.5, 0.6) is 0 Å². The normalized spacial score (nSPS) is 28.3. The van der Waals surface area contributed by atoms with E-state index in [-0.39, 0.29) is 29.7 Å². The highest BCUT2D eigenvalue weighted by atomic mass is 16.5. The summed E-state index contributed by atoms with van der Waals surface area (Å²) < 4.78 is 10.2. The van der Waals surface area contributed by atoms with Crippen molar-refractivity contribution in [2.45, 2.75) is 46.5 Å². The van der Waals surface area contributed by atoms with E-state index in [4.69, 9.17) is 9.47 Å². The molecule has 4 nitrogen and oxygen atoms in total. The summed E-state index contributed by atoms with van der Waals surface area (Å²) in [5, 5.41) is 0. The lowest BCUT2D eigenvalue weighted by atomic mass is 9.87. The number of esters is 2. The highest BCUT2D eigenvalue weighted by Gasteiger charge is 2.35. The van der Waals surface area contributed by atoms with E-state index < -0.39 is 0 Å². The summed E-state index contributed by atoms with van der Waals surface area (Å²) >= 11 is 0. The maximum atomic E-state index is 11.9. The van der Waals surface area contributed by atoms with Crippen LogP contribution in [-0.4, -0.2) is 25.2 Å². The SMILES string of the molecule is CCOC(=O)C1CCCC(C)C(C(=O)OCC)C1. The Balaban J connectivity index is 2.69. The van der Waals surface area contributed by atoms with Crippen molar-refractivity contribution in [3.63, 3.8) is 0 Å². The van der Waals surface area contributed by atoms with E-state index in [2.05, 4.69) is 6.92 Å². The molecule has 1 rings (SSSR count). The zero-order valence-corrected chi connectivity index (χ0v) is 11.6. The van der Waals surface area contributed by atoms with Crippen molar-refractivity contribution < 1.29 is 19.1 Å². The molecule has 0 aromatic heterocycles. The Morgan fingerprint density at radius 2 is 1.67 bits per heavy atom. The first-order valence-corrected chi connectivity index (χ1v) is 6.93. The Bertz CT molecular complexity index is 288. The van der Waals surface area contributed by atoms with Crippen LogP contribution >= 0.6 is 0 Å². The van der Waals surface area contributed by atoms with Gasteiger partial charge < -0.3 is 9.47 Å². The summed E-state index contributed by atoms with van der Waals surface area (Å²) in [5.41, 5.74) is 0. The van der Waals surface area contributed by atoms with Crippen molar-refractivity contribution in [1.82, 2.24) is 0 Å². The van der Waals surface area contributed by atoms with Gasteiger partial charge in [0.2, 0.25) is 0 Å². The average molecular weight is 256 g/mol. The molecular weight excluding hydrogens is 232 g/mol. The lowest BCUT2D eigenvalue weighted by Gasteiger charge is -2.21.